The van der Waals surface area contributed by atoms with Crippen molar-refractivity contribution in [3.05, 3.63) is 59.7 Å². The van der Waals surface area contributed by atoms with Crippen molar-refractivity contribution in [2.75, 3.05) is 17.7 Å². The molecule has 1 aliphatic carbocycles. The third kappa shape index (κ3) is 5.94. The molecule has 1 fully saturated rings. The van der Waals surface area contributed by atoms with E-state index in [-0.39, 0.29) is 23.6 Å². The van der Waals surface area contributed by atoms with E-state index >= 15 is 0 Å². The van der Waals surface area contributed by atoms with Gasteiger partial charge in [-0.1, -0.05) is 33.1 Å². The van der Waals surface area contributed by atoms with E-state index in [4.69, 9.17) is 0 Å². The molecular weight excluding hydrogens is 390 g/mol. The number of rotatable bonds is 6. The molecule has 3 rings (SSSR count). The van der Waals surface area contributed by atoms with Crippen molar-refractivity contribution in [3.63, 3.8) is 0 Å². The first-order valence-corrected chi connectivity index (χ1v) is 10.9. The maximum absolute atomic E-state index is 12.8. The number of benzene rings is 2. The van der Waals surface area contributed by atoms with Crippen molar-refractivity contribution < 1.29 is 14.4 Å². The molecule has 0 atom stereocenters. The lowest BCUT2D eigenvalue weighted by atomic mass is 9.94. The van der Waals surface area contributed by atoms with Crippen LogP contribution in [0.4, 0.5) is 11.4 Å². The fourth-order valence-corrected chi connectivity index (χ4v) is 3.73. The lowest BCUT2D eigenvalue weighted by Crippen LogP contribution is -2.38. The molecule has 3 amide bonds. The van der Waals surface area contributed by atoms with E-state index in [1.165, 1.54) is 19.3 Å². The molecule has 2 aromatic carbocycles. The number of amides is 3. The van der Waals surface area contributed by atoms with Crippen LogP contribution >= 0.6 is 0 Å². The number of anilines is 2. The molecule has 1 aliphatic rings. The SMILES string of the molecule is CC(C)C(=O)Nc1ccc(C(=O)Nc2ccc(C(=O)N(C)C3CCCCC3)cc2)cc1. The van der Waals surface area contributed by atoms with E-state index in [0.29, 0.717) is 28.5 Å². The Morgan fingerprint density at radius 2 is 1.32 bits per heavy atom. The summed E-state index contributed by atoms with van der Waals surface area (Å²) in [6.45, 7) is 3.65. The average Bonchev–Trinajstić information content (AvgIpc) is 2.79. The van der Waals surface area contributed by atoms with Crippen molar-refractivity contribution in [1.82, 2.24) is 4.90 Å². The average molecular weight is 422 g/mol. The molecule has 6 nitrogen and oxygen atoms in total. The van der Waals surface area contributed by atoms with Crippen molar-refractivity contribution in [2.45, 2.75) is 52.0 Å². The monoisotopic (exact) mass is 421 g/mol. The van der Waals surface area contributed by atoms with E-state index in [0.717, 1.165) is 12.8 Å². The van der Waals surface area contributed by atoms with Crippen molar-refractivity contribution in [3.8, 4) is 0 Å². The summed E-state index contributed by atoms with van der Waals surface area (Å²) in [5.74, 6) is -0.412. The third-order valence-corrected chi connectivity index (χ3v) is 5.77. The third-order valence-electron chi connectivity index (χ3n) is 5.77. The van der Waals surface area contributed by atoms with Gasteiger partial charge < -0.3 is 15.5 Å². The lowest BCUT2D eigenvalue weighted by molar-refractivity contribution is -0.118. The number of carbonyl (C=O) groups excluding carboxylic acids is 3. The van der Waals surface area contributed by atoms with E-state index in [2.05, 4.69) is 10.6 Å². The van der Waals surface area contributed by atoms with Gasteiger partial charge in [-0.25, -0.2) is 0 Å². The molecule has 1 saturated carbocycles. The Bertz CT molecular complexity index is 914. The smallest absolute Gasteiger partial charge is 0.255 e. The van der Waals surface area contributed by atoms with Gasteiger partial charge in [-0.05, 0) is 61.4 Å². The molecule has 0 saturated heterocycles. The van der Waals surface area contributed by atoms with Crippen LogP contribution in [0.25, 0.3) is 0 Å². The number of nitrogens with one attached hydrogen (secondary N) is 2. The fourth-order valence-electron chi connectivity index (χ4n) is 3.73. The predicted molar refractivity (Wildman–Crippen MR) is 123 cm³/mol. The van der Waals surface area contributed by atoms with Gasteiger partial charge in [0.25, 0.3) is 11.8 Å². The Morgan fingerprint density at radius 3 is 1.87 bits per heavy atom. The molecule has 164 valence electrons. The van der Waals surface area contributed by atoms with Gasteiger partial charge in [0.1, 0.15) is 0 Å². The molecule has 0 heterocycles. The Hall–Kier alpha value is -3.15. The van der Waals surface area contributed by atoms with Crippen LogP contribution in [0.15, 0.2) is 48.5 Å². The van der Waals surface area contributed by atoms with Crippen LogP contribution in [0.1, 0.15) is 66.7 Å². The van der Waals surface area contributed by atoms with Crippen LogP contribution in [-0.4, -0.2) is 35.7 Å². The highest BCUT2D eigenvalue weighted by atomic mass is 16.2. The van der Waals surface area contributed by atoms with Gasteiger partial charge in [-0.2, -0.15) is 0 Å². The van der Waals surface area contributed by atoms with Crippen LogP contribution in [0.2, 0.25) is 0 Å². The Labute approximate surface area is 184 Å². The second-order valence-electron chi connectivity index (χ2n) is 8.46. The van der Waals surface area contributed by atoms with E-state index < -0.39 is 0 Å². The quantitative estimate of drug-likeness (QED) is 0.694. The van der Waals surface area contributed by atoms with Crippen molar-refractivity contribution >= 4 is 29.1 Å². The molecule has 6 heteroatoms. The summed E-state index contributed by atoms with van der Waals surface area (Å²) in [7, 11) is 1.88. The molecule has 2 N–H and O–H groups in total. The minimum absolute atomic E-state index is 0.0174. The molecular formula is C25H31N3O3. The number of hydrogen-bond donors (Lipinski definition) is 2. The molecule has 0 radical (unpaired) electrons. The first-order valence-electron chi connectivity index (χ1n) is 10.9. The zero-order valence-corrected chi connectivity index (χ0v) is 18.5. The zero-order valence-electron chi connectivity index (χ0n) is 18.5. The maximum Gasteiger partial charge on any atom is 0.255 e. The molecule has 0 spiro atoms. The summed E-state index contributed by atoms with van der Waals surface area (Å²) in [4.78, 5) is 38.9. The standard InChI is InChI=1S/C25H31N3O3/c1-17(2)23(29)26-20-13-9-18(10-14-20)24(30)27-21-15-11-19(12-16-21)25(31)28(3)22-7-5-4-6-8-22/h9-17,22H,4-8H2,1-3H3,(H,26,29)(H,27,30). The lowest BCUT2D eigenvalue weighted by Gasteiger charge is -2.31. The van der Waals surface area contributed by atoms with Crippen LogP contribution in [0, 0.1) is 5.92 Å². The summed E-state index contributed by atoms with van der Waals surface area (Å²) in [6.07, 6.45) is 5.74. The Morgan fingerprint density at radius 1 is 0.806 bits per heavy atom. The molecule has 0 aliphatic heterocycles. The fraction of sp³-hybridized carbons (Fsp3) is 0.400. The largest absolute Gasteiger partial charge is 0.339 e. The highest BCUT2D eigenvalue weighted by Gasteiger charge is 2.23. The minimum atomic E-state index is -0.250. The van der Waals surface area contributed by atoms with Gasteiger partial charge >= 0.3 is 0 Å². The topological polar surface area (TPSA) is 78.5 Å². The predicted octanol–water partition coefficient (Wildman–Crippen LogP) is 4.94. The van der Waals surface area contributed by atoms with Gasteiger partial charge in [0.05, 0.1) is 0 Å². The highest BCUT2D eigenvalue weighted by Crippen LogP contribution is 2.23. The first-order chi connectivity index (χ1) is 14.8. The zero-order chi connectivity index (χ0) is 22.4. The second kappa shape index (κ2) is 10.2. The summed E-state index contributed by atoms with van der Waals surface area (Å²) >= 11 is 0. The molecule has 0 aromatic heterocycles. The summed E-state index contributed by atoms with van der Waals surface area (Å²) < 4.78 is 0. The molecule has 0 unspecified atom stereocenters. The highest BCUT2D eigenvalue weighted by molar-refractivity contribution is 6.05. The first kappa shape index (κ1) is 22.5. The van der Waals surface area contributed by atoms with Gasteiger partial charge in [-0.3, -0.25) is 14.4 Å². The normalized spacial score (nSPS) is 14.2. The Kier molecular flexibility index (Phi) is 7.45. The molecule has 31 heavy (non-hydrogen) atoms. The van der Waals surface area contributed by atoms with Crippen molar-refractivity contribution in [1.29, 1.82) is 0 Å². The molecule has 2 aromatic rings. The van der Waals surface area contributed by atoms with Gasteiger partial charge in [0.15, 0.2) is 0 Å². The summed E-state index contributed by atoms with van der Waals surface area (Å²) in [5, 5.41) is 5.64. The molecule has 0 bridgehead atoms. The van der Waals surface area contributed by atoms with Crippen molar-refractivity contribution in [2.24, 2.45) is 5.92 Å². The summed E-state index contributed by atoms with van der Waals surface area (Å²) in [5.41, 5.74) is 2.38. The second-order valence-corrected chi connectivity index (χ2v) is 8.46. The van der Waals surface area contributed by atoms with E-state index in [1.54, 1.807) is 48.5 Å². The number of carbonyl (C=O) groups is 3. The number of nitrogens with zero attached hydrogens (tertiary/aromatic N) is 1. The van der Waals surface area contributed by atoms with Crippen LogP contribution in [0.5, 0.6) is 0 Å². The van der Waals surface area contributed by atoms with Gasteiger partial charge in [-0.15, -0.1) is 0 Å². The Balaban J connectivity index is 1.58. The minimum Gasteiger partial charge on any atom is -0.339 e. The van der Waals surface area contributed by atoms with E-state index in [1.807, 2.05) is 25.8 Å². The number of hydrogen-bond acceptors (Lipinski definition) is 3. The van der Waals surface area contributed by atoms with Crippen LogP contribution < -0.4 is 10.6 Å². The van der Waals surface area contributed by atoms with Gasteiger partial charge in [0, 0.05) is 41.5 Å². The maximum atomic E-state index is 12.8. The van der Waals surface area contributed by atoms with Crippen LogP contribution in [0.3, 0.4) is 0 Å². The summed E-state index contributed by atoms with van der Waals surface area (Å²) in [6, 6.07) is 14.1. The van der Waals surface area contributed by atoms with Crippen LogP contribution in [-0.2, 0) is 4.79 Å². The van der Waals surface area contributed by atoms with E-state index in [9.17, 15) is 14.4 Å². The van der Waals surface area contributed by atoms with Gasteiger partial charge in [0.2, 0.25) is 5.91 Å².